The van der Waals surface area contributed by atoms with Crippen LogP contribution in [0.5, 0.6) is 5.75 Å². The van der Waals surface area contributed by atoms with Gasteiger partial charge in [0.1, 0.15) is 11.9 Å². The normalized spacial score (nSPS) is 12.2. The summed E-state index contributed by atoms with van der Waals surface area (Å²) in [6.07, 6.45) is 3.26. The fourth-order valence-corrected chi connectivity index (χ4v) is 2.45. The number of phenols is 1. The number of aromatic hydroxyl groups is 1. The topological polar surface area (TPSA) is 42.4 Å². The molecule has 3 aromatic rings. The molecule has 3 nitrogen and oxygen atoms in total. The summed E-state index contributed by atoms with van der Waals surface area (Å²) < 4.78 is 5.98. The van der Waals surface area contributed by atoms with Crippen molar-refractivity contribution in [1.29, 1.82) is 0 Å². The smallest absolute Gasteiger partial charge is 0.116 e. The van der Waals surface area contributed by atoms with Crippen LogP contribution in [0, 0.1) is 0 Å². The zero-order chi connectivity index (χ0) is 15.4. The standard InChI is InChI=1S/C19H17NO2/c1-2-19(22-13-14-6-4-3-5-7-14)16-10-11-20-18-9-8-15(21)12-17(16)18/h2-12,19,21H,1,13H2. The first-order chi connectivity index (χ1) is 10.8. The van der Waals surface area contributed by atoms with E-state index in [4.69, 9.17) is 4.74 Å². The molecule has 22 heavy (non-hydrogen) atoms. The molecule has 0 saturated heterocycles. The largest absolute Gasteiger partial charge is 0.508 e. The van der Waals surface area contributed by atoms with E-state index in [1.54, 1.807) is 30.5 Å². The van der Waals surface area contributed by atoms with Crippen molar-refractivity contribution >= 4 is 10.9 Å². The monoisotopic (exact) mass is 291 g/mol. The molecule has 3 rings (SSSR count). The molecule has 1 heterocycles. The van der Waals surface area contributed by atoms with Crippen LogP contribution < -0.4 is 0 Å². The van der Waals surface area contributed by atoms with Crippen LogP contribution in [0.25, 0.3) is 10.9 Å². The summed E-state index contributed by atoms with van der Waals surface area (Å²) in [5, 5.41) is 10.6. The van der Waals surface area contributed by atoms with Crippen molar-refractivity contribution in [3.05, 3.63) is 84.6 Å². The van der Waals surface area contributed by atoms with Gasteiger partial charge in [0.05, 0.1) is 12.1 Å². The van der Waals surface area contributed by atoms with E-state index >= 15 is 0 Å². The van der Waals surface area contributed by atoms with Crippen LogP contribution >= 0.6 is 0 Å². The molecule has 1 atom stereocenters. The average molecular weight is 291 g/mol. The molecule has 0 bridgehead atoms. The number of pyridine rings is 1. The number of fused-ring (bicyclic) bond motifs is 1. The van der Waals surface area contributed by atoms with E-state index in [1.807, 2.05) is 36.4 Å². The van der Waals surface area contributed by atoms with Crippen molar-refractivity contribution in [1.82, 2.24) is 4.98 Å². The van der Waals surface area contributed by atoms with Gasteiger partial charge in [-0.15, -0.1) is 6.58 Å². The summed E-state index contributed by atoms with van der Waals surface area (Å²) in [6, 6.07) is 17.0. The molecule has 0 aliphatic rings. The molecule has 0 amide bonds. The van der Waals surface area contributed by atoms with Crippen LogP contribution in [0.15, 0.2) is 73.4 Å². The first kappa shape index (κ1) is 14.3. The highest BCUT2D eigenvalue weighted by Gasteiger charge is 2.13. The first-order valence-corrected chi connectivity index (χ1v) is 7.13. The highest BCUT2D eigenvalue weighted by molar-refractivity contribution is 5.84. The molecule has 0 aliphatic heterocycles. The van der Waals surface area contributed by atoms with E-state index in [2.05, 4.69) is 11.6 Å². The van der Waals surface area contributed by atoms with E-state index in [0.717, 1.165) is 22.0 Å². The lowest BCUT2D eigenvalue weighted by Crippen LogP contribution is -2.03. The highest BCUT2D eigenvalue weighted by Crippen LogP contribution is 2.29. The molecule has 0 radical (unpaired) electrons. The minimum atomic E-state index is -0.257. The lowest BCUT2D eigenvalue weighted by Gasteiger charge is -2.16. The van der Waals surface area contributed by atoms with Crippen molar-refractivity contribution in [3.63, 3.8) is 0 Å². The predicted molar refractivity (Wildman–Crippen MR) is 87.6 cm³/mol. The Morgan fingerprint density at radius 1 is 1.14 bits per heavy atom. The van der Waals surface area contributed by atoms with Gasteiger partial charge in [0.25, 0.3) is 0 Å². The fourth-order valence-electron chi connectivity index (χ4n) is 2.45. The van der Waals surface area contributed by atoms with Crippen LogP contribution in [0.1, 0.15) is 17.2 Å². The van der Waals surface area contributed by atoms with Gasteiger partial charge in [0, 0.05) is 11.6 Å². The van der Waals surface area contributed by atoms with Gasteiger partial charge in [-0.2, -0.15) is 0 Å². The maximum absolute atomic E-state index is 9.72. The van der Waals surface area contributed by atoms with Gasteiger partial charge in [-0.1, -0.05) is 36.4 Å². The van der Waals surface area contributed by atoms with E-state index < -0.39 is 0 Å². The molecule has 3 heteroatoms. The van der Waals surface area contributed by atoms with Gasteiger partial charge in [-0.05, 0) is 35.4 Å². The third-order valence-corrected chi connectivity index (χ3v) is 3.55. The number of hydrogen-bond acceptors (Lipinski definition) is 3. The number of aromatic nitrogens is 1. The second kappa shape index (κ2) is 6.41. The zero-order valence-electron chi connectivity index (χ0n) is 12.1. The number of hydrogen-bond donors (Lipinski definition) is 1. The van der Waals surface area contributed by atoms with E-state index in [9.17, 15) is 5.11 Å². The SMILES string of the molecule is C=CC(OCc1ccccc1)c1ccnc2ccc(O)cc12. The molecule has 110 valence electrons. The van der Waals surface area contributed by atoms with Crippen molar-refractivity contribution < 1.29 is 9.84 Å². The number of nitrogens with zero attached hydrogens (tertiary/aromatic N) is 1. The Labute approximate surface area is 129 Å². The molecule has 0 spiro atoms. The maximum atomic E-state index is 9.72. The van der Waals surface area contributed by atoms with Gasteiger partial charge in [-0.3, -0.25) is 4.98 Å². The predicted octanol–water partition coefficient (Wildman–Crippen LogP) is 4.38. The summed E-state index contributed by atoms with van der Waals surface area (Å²) in [4.78, 5) is 4.32. The Morgan fingerprint density at radius 3 is 2.73 bits per heavy atom. The number of benzene rings is 2. The molecular weight excluding hydrogens is 274 g/mol. The number of rotatable bonds is 5. The van der Waals surface area contributed by atoms with Crippen molar-refractivity contribution in [2.24, 2.45) is 0 Å². The average Bonchev–Trinajstić information content (AvgIpc) is 2.56. The Bertz CT molecular complexity index is 784. The lowest BCUT2D eigenvalue weighted by atomic mass is 10.0. The number of phenolic OH excluding ortho intramolecular Hbond substituents is 1. The molecule has 0 saturated carbocycles. The van der Waals surface area contributed by atoms with Crippen LogP contribution in [-0.4, -0.2) is 10.1 Å². The van der Waals surface area contributed by atoms with Crippen LogP contribution in [-0.2, 0) is 11.3 Å². The van der Waals surface area contributed by atoms with Gasteiger partial charge >= 0.3 is 0 Å². The Morgan fingerprint density at radius 2 is 1.95 bits per heavy atom. The Hall–Kier alpha value is -2.65. The third-order valence-electron chi connectivity index (χ3n) is 3.55. The second-order valence-corrected chi connectivity index (χ2v) is 5.05. The molecule has 0 aliphatic carbocycles. The van der Waals surface area contributed by atoms with Gasteiger partial charge < -0.3 is 9.84 Å². The molecule has 1 aromatic heterocycles. The Kier molecular flexibility index (Phi) is 4.17. The Balaban J connectivity index is 1.90. The molecule has 1 N–H and O–H groups in total. The second-order valence-electron chi connectivity index (χ2n) is 5.05. The van der Waals surface area contributed by atoms with Crippen molar-refractivity contribution in [2.75, 3.05) is 0 Å². The van der Waals surface area contributed by atoms with Crippen LogP contribution in [0.4, 0.5) is 0 Å². The van der Waals surface area contributed by atoms with Crippen molar-refractivity contribution in [2.45, 2.75) is 12.7 Å². The lowest BCUT2D eigenvalue weighted by molar-refractivity contribution is 0.0729. The first-order valence-electron chi connectivity index (χ1n) is 7.13. The quantitative estimate of drug-likeness (QED) is 0.709. The van der Waals surface area contributed by atoms with Crippen LogP contribution in [0.2, 0.25) is 0 Å². The highest BCUT2D eigenvalue weighted by atomic mass is 16.5. The maximum Gasteiger partial charge on any atom is 0.116 e. The van der Waals surface area contributed by atoms with Crippen molar-refractivity contribution in [3.8, 4) is 5.75 Å². The van der Waals surface area contributed by atoms with Gasteiger partial charge in [0.15, 0.2) is 0 Å². The van der Waals surface area contributed by atoms with Gasteiger partial charge in [0.2, 0.25) is 0 Å². The summed E-state index contributed by atoms with van der Waals surface area (Å²) in [6.45, 7) is 4.37. The fraction of sp³-hybridized carbons (Fsp3) is 0.105. The minimum Gasteiger partial charge on any atom is -0.508 e. The van der Waals surface area contributed by atoms with Gasteiger partial charge in [-0.25, -0.2) is 0 Å². The zero-order valence-corrected chi connectivity index (χ0v) is 12.1. The summed E-state index contributed by atoms with van der Waals surface area (Å²) in [5.41, 5.74) is 2.88. The summed E-state index contributed by atoms with van der Waals surface area (Å²) >= 11 is 0. The molecular formula is C19H17NO2. The molecule has 2 aromatic carbocycles. The number of ether oxygens (including phenoxy) is 1. The van der Waals surface area contributed by atoms with E-state index in [1.165, 1.54) is 0 Å². The molecule has 0 fully saturated rings. The van der Waals surface area contributed by atoms with E-state index in [0.29, 0.717) is 6.61 Å². The summed E-state index contributed by atoms with van der Waals surface area (Å²) in [7, 11) is 0. The third kappa shape index (κ3) is 3.00. The summed E-state index contributed by atoms with van der Waals surface area (Å²) in [5.74, 6) is 0.215. The van der Waals surface area contributed by atoms with Crippen LogP contribution in [0.3, 0.4) is 0 Å². The molecule has 1 unspecified atom stereocenters. The minimum absolute atomic E-state index is 0.215. The van der Waals surface area contributed by atoms with E-state index in [-0.39, 0.29) is 11.9 Å².